The maximum atomic E-state index is 10.9. The normalized spacial score (nSPS) is 11.3. The lowest BCUT2D eigenvalue weighted by Crippen LogP contribution is -2.18. The van der Waals surface area contributed by atoms with Crippen LogP contribution in [0, 0.1) is 0 Å². The molecule has 0 radical (unpaired) electrons. The smallest absolute Gasteiger partial charge is 0.323 e. The minimum atomic E-state index is -4.29. The van der Waals surface area contributed by atoms with Crippen molar-refractivity contribution in [2.75, 3.05) is 12.4 Å². The summed E-state index contributed by atoms with van der Waals surface area (Å²) in [7, 11) is -4.29. The molecule has 0 fully saturated rings. The summed E-state index contributed by atoms with van der Waals surface area (Å²) in [4.78, 5) is 21.6. The second-order valence-corrected chi connectivity index (χ2v) is 6.33. The van der Waals surface area contributed by atoms with Gasteiger partial charge in [-0.2, -0.15) is 8.42 Å². The van der Waals surface area contributed by atoms with Gasteiger partial charge in [-0.3, -0.25) is 9.35 Å². The standard InChI is InChI=1S/C13H24O6S/c1-12(14)9-7-5-3-2-4-6-8-10-19-13(15)11-20(16,17)18/h2-11H2,1H3,(H,16,17,18). The van der Waals surface area contributed by atoms with E-state index in [2.05, 4.69) is 4.74 Å². The number of ketones is 1. The molecule has 0 atom stereocenters. The first-order chi connectivity index (χ1) is 9.31. The Morgan fingerprint density at radius 1 is 0.950 bits per heavy atom. The molecule has 118 valence electrons. The van der Waals surface area contributed by atoms with Gasteiger partial charge in [-0.15, -0.1) is 0 Å². The second kappa shape index (κ2) is 10.8. The zero-order valence-corrected chi connectivity index (χ0v) is 12.8. The van der Waals surface area contributed by atoms with E-state index in [9.17, 15) is 18.0 Å². The van der Waals surface area contributed by atoms with Gasteiger partial charge in [0.2, 0.25) is 0 Å². The SMILES string of the molecule is CC(=O)CCCCCCCCCOC(=O)CS(=O)(=O)O. The fourth-order valence-corrected chi connectivity index (χ4v) is 2.12. The summed E-state index contributed by atoms with van der Waals surface area (Å²) in [5.41, 5.74) is 0. The molecule has 0 aromatic heterocycles. The van der Waals surface area contributed by atoms with Crippen molar-refractivity contribution >= 4 is 21.9 Å². The van der Waals surface area contributed by atoms with Crippen LogP contribution in [0.25, 0.3) is 0 Å². The van der Waals surface area contributed by atoms with Crippen LogP contribution >= 0.6 is 0 Å². The molecule has 0 bridgehead atoms. The van der Waals surface area contributed by atoms with Crippen molar-refractivity contribution in [1.29, 1.82) is 0 Å². The molecule has 7 heteroatoms. The highest BCUT2D eigenvalue weighted by Crippen LogP contribution is 2.08. The van der Waals surface area contributed by atoms with Crippen LogP contribution in [0.4, 0.5) is 0 Å². The number of carbonyl (C=O) groups excluding carboxylic acids is 2. The number of Topliss-reactive ketones (excluding diaryl/α,β-unsaturated/α-hetero) is 1. The molecule has 0 heterocycles. The molecular weight excluding hydrogens is 284 g/mol. The van der Waals surface area contributed by atoms with Crippen LogP contribution in [-0.2, 0) is 24.4 Å². The fourth-order valence-electron chi connectivity index (χ4n) is 1.74. The van der Waals surface area contributed by atoms with Crippen LogP contribution in [0.2, 0.25) is 0 Å². The molecule has 6 nitrogen and oxygen atoms in total. The Hall–Kier alpha value is -0.950. The maximum Gasteiger partial charge on any atom is 0.323 e. The molecule has 0 spiro atoms. The zero-order chi connectivity index (χ0) is 15.4. The number of ether oxygens (including phenoxy) is 1. The van der Waals surface area contributed by atoms with Gasteiger partial charge in [0.05, 0.1) is 6.61 Å². The quantitative estimate of drug-likeness (QED) is 0.337. The molecule has 1 N–H and O–H groups in total. The highest BCUT2D eigenvalue weighted by Gasteiger charge is 2.13. The van der Waals surface area contributed by atoms with E-state index >= 15 is 0 Å². The Labute approximate surface area is 120 Å². The molecule has 0 rings (SSSR count). The van der Waals surface area contributed by atoms with E-state index in [4.69, 9.17) is 4.55 Å². The maximum absolute atomic E-state index is 10.9. The Balaban J connectivity index is 3.29. The van der Waals surface area contributed by atoms with Gasteiger partial charge in [0.15, 0.2) is 5.75 Å². The molecule has 0 unspecified atom stereocenters. The molecule has 20 heavy (non-hydrogen) atoms. The number of unbranched alkanes of at least 4 members (excludes halogenated alkanes) is 6. The number of hydrogen-bond donors (Lipinski definition) is 1. The third-order valence-electron chi connectivity index (χ3n) is 2.74. The van der Waals surface area contributed by atoms with Crippen LogP contribution in [0.15, 0.2) is 0 Å². The van der Waals surface area contributed by atoms with Gasteiger partial charge < -0.3 is 9.53 Å². The van der Waals surface area contributed by atoms with E-state index in [0.717, 1.165) is 38.5 Å². The largest absolute Gasteiger partial charge is 0.465 e. The first-order valence-corrected chi connectivity index (χ1v) is 8.52. The Bertz CT molecular complexity index is 388. The van der Waals surface area contributed by atoms with E-state index in [1.807, 2.05) is 0 Å². The van der Waals surface area contributed by atoms with Crippen molar-refractivity contribution < 1.29 is 27.3 Å². The van der Waals surface area contributed by atoms with E-state index in [0.29, 0.717) is 12.8 Å². The van der Waals surface area contributed by atoms with Crippen molar-refractivity contribution in [3.63, 3.8) is 0 Å². The monoisotopic (exact) mass is 308 g/mol. The summed E-state index contributed by atoms with van der Waals surface area (Å²) in [6.45, 7) is 1.78. The molecular formula is C13H24O6S. The predicted molar refractivity (Wildman–Crippen MR) is 75.0 cm³/mol. The summed E-state index contributed by atoms with van der Waals surface area (Å²) < 4.78 is 33.8. The number of rotatable bonds is 12. The Morgan fingerprint density at radius 3 is 1.95 bits per heavy atom. The van der Waals surface area contributed by atoms with Crippen LogP contribution in [0.5, 0.6) is 0 Å². The fraction of sp³-hybridized carbons (Fsp3) is 0.846. The zero-order valence-electron chi connectivity index (χ0n) is 12.0. The minimum Gasteiger partial charge on any atom is -0.465 e. The third kappa shape index (κ3) is 15.1. The lowest BCUT2D eigenvalue weighted by atomic mass is 10.1. The summed E-state index contributed by atoms with van der Waals surface area (Å²) >= 11 is 0. The minimum absolute atomic E-state index is 0.179. The molecule has 0 aromatic rings. The van der Waals surface area contributed by atoms with Crippen molar-refractivity contribution in [2.24, 2.45) is 0 Å². The van der Waals surface area contributed by atoms with E-state index in [1.165, 1.54) is 0 Å². The van der Waals surface area contributed by atoms with E-state index < -0.39 is 21.8 Å². The lowest BCUT2D eigenvalue weighted by Gasteiger charge is -2.04. The van der Waals surface area contributed by atoms with Crippen molar-refractivity contribution in [3.8, 4) is 0 Å². The summed E-state index contributed by atoms with van der Waals surface area (Å²) in [6, 6.07) is 0. The first kappa shape index (κ1) is 19.1. The van der Waals surface area contributed by atoms with Gasteiger partial charge in [-0.05, 0) is 19.8 Å². The second-order valence-electron chi connectivity index (χ2n) is 4.87. The Kier molecular flexibility index (Phi) is 10.3. The summed E-state index contributed by atoms with van der Waals surface area (Å²) in [6.07, 6.45) is 7.45. The summed E-state index contributed by atoms with van der Waals surface area (Å²) in [5, 5.41) is 0. The lowest BCUT2D eigenvalue weighted by molar-refractivity contribution is -0.140. The third-order valence-corrected chi connectivity index (χ3v) is 3.34. The number of esters is 1. The van der Waals surface area contributed by atoms with Gasteiger partial charge in [0.1, 0.15) is 5.78 Å². The molecule has 0 amide bonds. The van der Waals surface area contributed by atoms with Gasteiger partial charge in [-0.1, -0.05) is 32.1 Å². The van der Waals surface area contributed by atoms with Gasteiger partial charge in [-0.25, -0.2) is 0 Å². The Morgan fingerprint density at radius 2 is 1.45 bits per heavy atom. The van der Waals surface area contributed by atoms with Crippen molar-refractivity contribution in [1.82, 2.24) is 0 Å². The molecule has 0 saturated carbocycles. The van der Waals surface area contributed by atoms with Crippen molar-refractivity contribution in [3.05, 3.63) is 0 Å². The van der Waals surface area contributed by atoms with Crippen molar-refractivity contribution in [2.45, 2.75) is 58.3 Å². The van der Waals surface area contributed by atoms with Gasteiger partial charge in [0.25, 0.3) is 10.1 Å². The highest BCUT2D eigenvalue weighted by atomic mass is 32.2. The first-order valence-electron chi connectivity index (χ1n) is 6.91. The molecule has 0 aliphatic heterocycles. The van der Waals surface area contributed by atoms with Gasteiger partial charge in [0, 0.05) is 6.42 Å². The molecule has 0 aromatic carbocycles. The van der Waals surface area contributed by atoms with Crippen LogP contribution in [0.1, 0.15) is 58.3 Å². The molecule has 0 aliphatic rings. The van der Waals surface area contributed by atoms with Crippen LogP contribution in [-0.4, -0.2) is 37.1 Å². The van der Waals surface area contributed by atoms with Crippen LogP contribution < -0.4 is 0 Å². The molecule has 0 saturated heterocycles. The number of carbonyl (C=O) groups is 2. The van der Waals surface area contributed by atoms with Gasteiger partial charge >= 0.3 is 5.97 Å². The topological polar surface area (TPSA) is 97.7 Å². The summed E-state index contributed by atoms with van der Waals surface area (Å²) in [5.74, 6) is -1.67. The average molecular weight is 308 g/mol. The van der Waals surface area contributed by atoms with E-state index in [1.54, 1.807) is 6.92 Å². The highest BCUT2D eigenvalue weighted by molar-refractivity contribution is 7.86. The molecule has 0 aliphatic carbocycles. The van der Waals surface area contributed by atoms with Crippen LogP contribution in [0.3, 0.4) is 0 Å². The van der Waals surface area contributed by atoms with E-state index in [-0.39, 0.29) is 12.4 Å². The average Bonchev–Trinajstić information content (AvgIpc) is 2.28. The number of hydrogen-bond acceptors (Lipinski definition) is 5. The predicted octanol–water partition coefficient (Wildman–Crippen LogP) is 2.13.